The van der Waals surface area contributed by atoms with E-state index in [1.54, 1.807) is 13.1 Å². The van der Waals surface area contributed by atoms with Crippen LogP contribution in [0, 0.1) is 6.92 Å². The van der Waals surface area contributed by atoms with Gasteiger partial charge in [-0.05, 0) is 31.2 Å². The molecule has 0 aliphatic rings. The van der Waals surface area contributed by atoms with Crippen LogP contribution in [-0.2, 0) is 13.6 Å². The van der Waals surface area contributed by atoms with E-state index >= 15 is 0 Å². The van der Waals surface area contributed by atoms with E-state index in [1.807, 2.05) is 49.3 Å². The van der Waals surface area contributed by atoms with Crippen molar-refractivity contribution in [3.63, 3.8) is 0 Å². The summed E-state index contributed by atoms with van der Waals surface area (Å²) in [5.74, 6) is 2.91. The van der Waals surface area contributed by atoms with Crippen LogP contribution in [0.5, 0.6) is 0 Å². The molecule has 0 atom stereocenters. The number of imidazole rings is 1. The minimum absolute atomic E-state index is 0.497. The number of anilines is 1. The maximum Gasteiger partial charge on any atom is 0.258 e. The first kappa shape index (κ1) is 15.3. The van der Waals surface area contributed by atoms with Gasteiger partial charge in [0.05, 0.1) is 17.6 Å². The molecule has 1 aromatic carbocycles. The minimum Gasteiger partial charge on any atom is -0.352 e. The van der Waals surface area contributed by atoms with E-state index < -0.39 is 0 Å². The maximum atomic E-state index is 5.24. The van der Waals surface area contributed by atoms with E-state index in [9.17, 15) is 0 Å². The second-order valence-corrected chi connectivity index (χ2v) is 5.98. The standard InChI is InChI=1S/C18H18N6O/c1-12-20-18(25-22-12)13-8-9-19-16(10-13)23(2)11-17-21-14-6-4-5-7-15(14)24(17)3/h4-10H,11H2,1-3H3. The van der Waals surface area contributed by atoms with Gasteiger partial charge in [-0.2, -0.15) is 4.98 Å². The number of hydrogen-bond donors (Lipinski definition) is 0. The second kappa shape index (κ2) is 6.01. The normalized spacial score (nSPS) is 11.2. The van der Waals surface area contributed by atoms with Crippen LogP contribution in [-0.4, -0.2) is 31.7 Å². The molecule has 0 radical (unpaired) electrons. The number of para-hydroxylation sites is 2. The van der Waals surface area contributed by atoms with Crippen molar-refractivity contribution >= 4 is 16.9 Å². The Morgan fingerprint density at radius 1 is 1.16 bits per heavy atom. The van der Waals surface area contributed by atoms with Crippen LogP contribution in [0.1, 0.15) is 11.6 Å². The fourth-order valence-corrected chi connectivity index (χ4v) is 2.80. The van der Waals surface area contributed by atoms with Gasteiger partial charge in [-0.3, -0.25) is 0 Å². The van der Waals surface area contributed by atoms with Crippen molar-refractivity contribution in [3.8, 4) is 11.5 Å². The van der Waals surface area contributed by atoms with E-state index in [1.165, 1.54) is 0 Å². The topological polar surface area (TPSA) is 72.9 Å². The van der Waals surface area contributed by atoms with Gasteiger partial charge in [0.2, 0.25) is 0 Å². The number of hydrogen-bond acceptors (Lipinski definition) is 6. The molecule has 126 valence electrons. The van der Waals surface area contributed by atoms with Crippen LogP contribution in [0.25, 0.3) is 22.5 Å². The first-order chi connectivity index (χ1) is 12.1. The highest BCUT2D eigenvalue weighted by atomic mass is 16.5. The number of fused-ring (bicyclic) bond motifs is 1. The third kappa shape index (κ3) is 2.84. The van der Waals surface area contributed by atoms with Crippen molar-refractivity contribution in [3.05, 3.63) is 54.2 Å². The average molecular weight is 334 g/mol. The minimum atomic E-state index is 0.497. The lowest BCUT2D eigenvalue weighted by atomic mass is 10.2. The summed E-state index contributed by atoms with van der Waals surface area (Å²) in [7, 11) is 4.02. The second-order valence-electron chi connectivity index (χ2n) is 5.98. The van der Waals surface area contributed by atoms with E-state index in [4.69, 9.17) is 9.51 Å². The average Bonchev–Trinajstić information content (AvgIpc) is 3.20. The van der Waals surface area contributed by atoms with E-state index in [0.717, 1.165) is 28.2 Å². The molecule has 7 heteroatoms. The Bertz CT molecular complexity index is 1030. The first-order valence-corrected chi connectivity index (χ1v) is 8.00. The highest BCUT2D eigenvalue weighted by Gasteiger charge is 2.13. The zero-order chi connectivity index (χ0) is 17.4. The number of pyridine rings is 1. The summed E-state index contributed by atoms with van der Waals surface area (Å²) in [6.07, 6.45) is 1.75. The van der Waals surface area contributed by atoms with E-state index in [2.05, 4.69) is 25.8 Å². The van der Waals surface area contributed by atoms with Gasteiger partial charge in [0.1, 0.15) is 11.6 Å². The largest absolute Gasteiger partial charge is 0.352 e. The molecule has 0 bridgehead atoms. The van der Waals surface area contributed by atoms with Crippen LogP contribution >= 0.6 is 0 Å². The molecule has 25 heavy (non-hydrogen) atoms. The Morgan fingerprint density at radius 2 is 2.00 bits per heavy atom. The Morgan fingerprint density at radius 3 is 2.76 bits per heavy atom. The number of aromatic nitrogens is 5. The third-order valence-corrected chi connectivity index (χ3v) is 4.17. The summed E-state index contributed by atoms with van der Waals surface area (Å²) in [5, 5.41) is 3.84. The van der Waals surface area contributed by atoms with E-state index in [0.29, 0.717) is 18.3 Å². The molecule has 0 aliphatic carbocycles. The molecule has 4 aromatic rings. The molecule has 0 unspecified atom stereocenters. The molecule has 0 aliphatic heterocycles. The Hall–Kier alpha value is -3.22. The molecule has 7 nitrogen and oxygen atoms in total. The van der Waals surface area contributed by atoms with Crippen LogP contribution in [0.3, 0.4) is 0 Å². The lowest BCUT2D eigenvalue weighted by Gasteiger charge is -2.18. The van der Waals surface area contributed by atoms with Crippen LogP contribution in [0.4, 0.5) is 5.82 Å². The smallest absolute Gasteiger partial charge is 0.258 e. The molecule has 0 N–H and O–H groups in total. The van der Waals surface area contributed by atoms with Gasteiger partial charge >= 0.3 is 0 Å². The van der Waals surface area contributed by atoms with Crippen molar-refractivity contribution in [2.45, 2.75) is 13.5 Å². The molecular weight excluding hydrogens is 316 g/mol. The summed E-state index contributed by atoms with van der Waals surface area (Å²) in [4.78, 5) is 15.5. The molecule has 3 heterocycles. The monoisotopic (exact) mass is 334 g/mol. The molecule has 0 fully saturated rings. The summed E-state index contributed by atoms with van der Waals surface area (Å²) >= 11 is 0. The fourth-order valence-electron chi connectivity index (χ4n) is 2.80. The zero-order valence-electron chi connectivity index (χ0n) is 14.3. The van der Waals surface area contributed by atoms with Crippen molar-refractivity contribution < 1.29 is 4.52 Å². The molecular formula is C18H18N6O. The van der Waals surface area contributed by atoms with Gasteiger partial charge in [-0.1, -0.05) is 17.3 Å². The predicted octanol–water partition coefficient (Wildman–Crippen LogP) is 2.96. The predicted molar refractivity (Wildman–Crippen MR) is 95.1 cm³/mol. The summed E-state index contributed by atoms with van der Waals surface area (Å²) in [5.41, 5.74) is 2.97. The Kier molecular flexibility index (Phi) is 3.68. The highest BCUT2D eigenvalue weighted by molar-refractivity contribution is 5.75. The Balaban J connectivity index is 1.62. The molecule has 0 saturated carbocycles. The van der Waals surface area contributed by atoms with Crippen LogP contribution in [0.15, 0.2) is 47.1 Å². The van der Waals surface area contributed by atoms with Gasteiger partial charge in [0.25, 0.3) is 5.89 Å². The summed E-state index contributed by atoms with van der Waals surface area (Å²) in [6, 6.07) is 11.9. The van der Waals surface area contributed by atoms with Crippen molar-refractivity contribution in [2.75, 3.05) is 11.9 Å². The maximum absolute atomic E-state index is 5.24. The van der Waals surface area contributed by atoms with Crippen LogP contribution in [0.2, 0.25) is 0 Å². The van der Waals surface area contributed by atoms with Gasteiger partial charge in [-0.15, -0.1) is 0 Å². The lowest BCUT2D eigenvalue weighted by molar-refractivity contribution is 0.425. The number of aryl methyl sites for hydroxylation is 2. The van der Waals surface area contributed by atoms with Gasteiger partial charge < -0.3 is 14.0 Å². The van der Waals surface area contributed by atoms with Gasteiger partial charge in [-0.25, -0.2) is 9.97 Å². The van der Waals surface area contributed by atoms with Crippen molar-refractivity contribution in [1.29, 1.82) is 0 Å². The van der Waals surface area contributed by atoms with Crippen molar-refractivity contribution in [1.82, 2.24) is 24.7 Å². The highest BCUT2D eigenvalue weighted by Crippen LogP contribution is 2.22. The first-order valence-electron chi connectivity index (χ1n) is 8.00. The molecule has 0 amide bonds. The molecule has 3 aromatic heterocycles. The zero-order valence-corrected chi connectivity index (χ0v) is 14.3. The van der Waals surface area contributed by atoms with Gasteiger partial charge in [0.15, 0.2) is 5.82 Å². The molecule has 0 spiro atoms. The van der Waals surface area contributed by atoms with Gasteiger partial charge in [0, 0.05) is 25.9 Å². The summed E-state index contributed by atoms with van der Waals surface area (Å²) in [6.45, 7) is 2.44. The lowest BCUT2D eigenvalue weighted by Crippen LogP contribution is -2.20. The van der Waals surface area contributed by atoms with Crippen LogP contribution < -0.4 is 4.90 Å². The number of nitrogens with zero attached hydrogens (tertiary/aromatic N) is 6. The number of rotatable bonds is 4. The number of benzene rings is 1. The summed E-state index contributed by atoms with van der Waals surface area (Å²) < 4.78 is 7.35. The SMILES string of the molecule is Cc1noc(-c2ccnc(N(C)Cc3nc4ccccc4n3C)c2)n1. The third-order valence-electron chi connectivity index (χ3n) is 4.17. The fraction of sp³-hybridized carbons (Fsp3) is 0.222. The van der Waals surface area contributed by atoms with Crippen molar-refractivity contribution in [2.24, 2.45) is 7.05 Å². The molecule has 4 rings (SSSR count). The quantitative estimate of drug-likeness (QED) is 0.571. The molecule has 0 saturated heterocycles. The Labute approximate surface area is 144 Å². The van der Waals surface area contributed by atoms with E-state index in [-0.39, 0.29) is 0 Å².